The SMILES string of the molecule is COC(=O)CC[C@@H](C)[C@@H]1CC[C@@H]2[C@@H]3CC[C@@H]4CCCC[C@]4(C)[C@@H]3C[C@H](O)[C@@]21C. The van der Waals surface area contributed by atoms with E-state index in [-0.39, 0.29) is 17.5 Å². The molecule has 3 heteroatoms. The van der Waals surface area contributed by atoms with Gasteiger partial charge in [-0.15, -0.1) is 0 Å². The Balaban J connectivity index is 1.54. The molecule has 4 saturated carbocycles. The van der Waals surface area contributed by atoms with E-state index in [1.54, 1.807) is 0 Å². The molecular formula is C25H42O3. The van der Waals surface area contributed by atoms with E-state index in [0.717, 1.165) is 30.6 Å². The van der Waals surface area contributed by atoms with Gasteiger partial charge < -0.3 is 9.84 Å². The van der Waals surface area contributed by atoms with Crippen LogP contribution in [-0.2, 0) is 9.53 Å². The van der Waals surface area contributed by atoms with Gasteiger partial charge in [-0.1, -0.05) is 33.6 Å². The van der Waals surface area contributed by atoms with E-state index in [1.165, 1.54) is 58.5 Å². The molecule has 3 nitrogen and oxygen atoms in total. The number of aliphatic hydroxyl groups is 1. The number of esters is 1. The van der Waals surface area contributed by atoms with Crippen molar-refractivity contribution in [2.24, 2.45) is 46.3 Å². The van der Waals surface area contributed by atoms with Gasteiger partial charge in [-0.3, -0.25) is 4.79 Å². The molecule has 4 fully saturated rings. The van der Waals surface area contributed by atoms with E-state index in [2.05, 4.69) is 20.8 Å². The number of carbonyl (C=O) groups is 1. The predicted octanol–water partition coefficient (Wildman–Crippen LogP) is 5.60. The fourth-order valence-electron chi connectivity index (χ4n) is 8.87. The lowest BCUT2D eigenvalue weighted by molar-refractivity contribution is -0.168. The van der Waals surface area contributed by atoms with Crippen molar-refractivity contribution in [3.05, 3.63) is 0 Å². The zero-order valence-electron chi connectivity index (χ0n) is 18.6. The molecule has 9 atom stereocenters. The van der Waals surface area contributed by atoms with Gasteiger partial charge in [-0.05, 0) is 97.7 Å². The zero-order valence-corrected chi connectivity index (χ0v) is 18.6. The number of ether oxygens (including phenoxy) is 1. The van der Waals surface area contributed by atoms with Gasteiger partial charge in [0.2, 0.25) is 0 Å². The fourth-order valence-corrected chi connectivity index (χ4v) is 8.87. The summed E-state index contributed by atoms with van der Waals surface area (Å²) in [5.41, 5.74) is 0.507. The van der Waals surface area contributed by atoms with Crippen LogP contribution in [0.5, 0.6) is 0 Å². The van der Waals surface area contributed by atoms with Crippen LogP contribution >= 0.6 is 0 Å². The van der Waals surface area contributed by atoms with Gasteiger partial charge in [-0.2, -0.15) is 0 Å². The number of aliphatic hydroxyl groups excluding tert-OH is 1. The second kappa shape index (κ2) is 7.60. The van der Waals surface area contributed by atoms with Crippen molar-refractivity contribution in [1.29, 1.82) is 0 Å². The van der Waals surface area contributed by atoms with Crippen LogP contribution in [0.25, 0.3) is 0 Å². The molecule has 1 N–H and O–H groups in total. The van der Waals surface area contributed by atoms with Crippen molar-refractivity contribution in [2.75, 3.05) is 7.11 Å². The van der Waals surface area contributed by atoms with E-state index in [4.69, 9.17) is 4.74 Å². The Labute approximate surface area is 172 Å². The van der Waals surface area contributed by atoms with Crippen LogP contribution in [0.15, 0.2) is 0 Å². The van der Waals surface area contributed by atoms with Crippen LogP contribution < -0.4 is 0 Å². The molecule has 0 saturated heterocycles. The molecule has 0 radical (unpaired) electrons. The summed E-state index contributed by atoms with van der Waals surface area (Å²) in [5, 5.41) is 11.5. The molecule has 28 heavy (non-hydrogen) atoms. The quantitative estimate of drug-likeness (QED) is 0.636. The van der Waals surface area contributed by atoms with Gasteiger partial charge in [0.25, 0.3) is 0 Å². The Kier molecular flexibility index (Phi) is 5.61. The maximum Gasteiger partial charge on any atom is 0.305 e. The summed E-state index contributed by atoms with van der Waals surface area (Å²) in [7, 11) is 1.48. The Hall–Kier alpha value is -0.570. The lowest BCUT2D eigenvalue weighted by Crippen LogP contribution is -2.58. The summed E-state index contributed by atoms with van der Waals surface area (Å²) in [5.74, 6) is 4.02. The first-order valence-corrected chi connectivity index (χ1v) is 12.1. The highest BCUT2D eigenvalue weighted by molar-refractivity contribution is 5.69. The highest BCUT2D eigenvalue weighted by Crippen LogP contribution is 2.68. The first-order chi connectivity index (χ1) is 13.3. The van der Waals surface area contributed by atoms with Crippen molar-refractivity contribution in [3.8, 4) is 0 Å². The molecule has 0 aliphatic heterocycles. The standard InChI is InChI=1S/C25H42O3/c1-16(8-13-23(27)28-4)19-11-12-20-18-10-9-17-7-5-6-14-24(17,2)21(18)15-22(26)25(19,20)3/h16-22,26H,5-15H2,1-4H3/t16-,17+,18+,19+,20-,21-,22+,24+,25-/m1/s1. The summed E-state index contributed by atoms with van der Waals surface area (Å²) in [6.07, 6.45) is 13.2. The van der Waals surface area contributed by atoms with E-state index in [1.807, 2.05) is 0 Å². The molecule has 4 aliphatic carbocycles. The smallest absolute Gasteiger partial charge is 0.305 e. The Bertz CT molecular complexity index is 588. The maximum absolute atomic E-state index is 11.6. The molecule has 0 heterocycles. The fraction of sp³-hybridized carbons (Fsp3) is 0.960. The van der Waals surface area contributed by atoms with Crippen molar-refractivity contribution in [1.82, 2.24) is 0 Å². The van der Waals surface area contributed by atoms with E-state index >= 15 is 0 Å². The molecule has 160 valence electrons. The van der Waals surface area contributed by atoms with Crippen LogP contribution in [0.3, 0.4) is 0 Å². The second-order valence-corrected chi connectivity index (χ2v) is 11.3. The first-order valence-electron chi connectivity index (χ1n) is 12.1. The average molecular weight is 391 g/mol. The number of hydrogen-bond acceptors (Lipinski definition) is 3. The molecule has 4 rings (SSSR count). The molecule has 0 aromatic rings. The van der Waals surface area contributed by atoms with Crippen molar-refractivity contribution in [2.45, 2.75) is 97.5 Å². The number of fused-ring (bicyclic) bond motifs is 5. The average Bonchev–Trinajstić information content (AvgIpc) is 3.05. The van der Waals surface area contributed by atoms with Gasteiger partial charge in [0, 0.05) is 6.42 Å². The maximum atomic E-state index is 11.6. The number of hydrogen-bond donors (Lipinski definition) is 1. The van der Waals surface area contributed by atoms with Crippen LogP contribution in [0.1, 0.15) is 91.4 Å². The van der Waals surface area contributed by atoms with Crippen molar-refractivity contribution >= 4 is 5.97 Å². The lowest BCUT2D eigenvalue weighted by atomic mass is 9.44. The zero-order chi connectivity index (χ0) is 20.1. The number of rotatable bonds is 4. The van der Waals surface area contributed by atoms with Gasteiger partial charge in [-0.25, -0.2) is 0 Å². The molecule has 0 spiro atoms. The Morgan fingerprint density at radius 2 is 1.89 bits per heavy atom. The summed E-state index contributed by atoms with van der Waals surface area (Å²) < 4.78 is 4.86. The van der Waals surface area contributed by atoms with Crippen molar-refractivity contribution < 1.29 is 14.6 Å². The minimum atomic E-state index is -0.177. The van der Waals surface area contributed by atoms with Crippen LogP contribution in [-0.4, -0.2) is 24.3 Å². The van der Waals surface area contributed by atoms with Gasteiger partial charge in [0.1, 0.15) is 0 Å². The van der Waals surface area contributed by atoms with Crippen molar-refractivity contribution in [3.63, 3.8) is 0 Å². The van der Waals surface area contributed by atoms with Crippen LogP contribution in [0.4, 0.5) is 0 Å². The third-order valence-electron chi connectivity index (χ3n) is 10.5. The molecule has 0 unspecified atom stereocenters. The number of carbonyl (C=O) groups excluding carboxylic acids is 1. The summed E-state index contributed by atoms with van der Waals surface area (Å²) >= 11 is 0. The first kappa shape index (κ1) is 20.7. The van der Waals surface area contributed by atoms with Gasteiger partial charge in [0.05, 0.1) is 13.2 Å². The predicted molar refractivity (Wildman–Crippen MR) is 112 cm³/mol. The minimum absolute atomic E-state index is 0.0363. The van der Waals surface area contributed by atoms with E-state index in [0.29, 0.717) is 29.6 Å². The third kappa shape index (κ3) is 3.06. The molecule has 0 amide bonds. The Morgan fingerprint density at radius 1 is 1.11 bits per heavy atom. The highest BCUT2D eigenvalue weighted by Gasteiger charge is 2.63. The highest BCUT2D eigenvalue weighted by atomic mass is 16.5. The monoisotopic (exact) mass is 390 g/mol. The van der Waals surface area contributed by atoms with Gasteiger partial charge >= 0.3 is 5.97 Å². The summed E-state index contributed by atoms with van der Waals surface area (Å²) in [6.45, 7) is 7.29. The third-order valence-corrected chi connectivity index (χ3v) is 10.5. The minimum Gasteiger partial charge on any atom is -0.469 e. The normalized spacial score (nSPS) is 48.9. The molecule has 0 aromatic heterocycles. The lowest BCUT2D eigenvalue weighted by Gasteiger charge is -2.62. The second-order valence-electron chi connectivity index (χ2n) is 11.3. The molecule has 0 bridgehead atoms. The van der Waals surface area contributed by atoms with Crippen LogP contribution in [0.2, 0.25) is 0 Å². The van der Waals surface area contributed by atoms with Gasteiger partial charge in [0.15, 0.2) is 0 Å². The van der Waals surface area contributed by atoms with Crippen LogP contribution in [0, 0.1) is 46.3 Å². The van der Waals surface area contributed by atoms with E-state index in [9.17, 15) is 9.90 Å². The molecule has 0 aromatic carbocycles. The summed E-state index contributed by atoms with van der Waals surface area (Å²) in [4.78, 5) is 11.6. The Morgan fingerprint density at radius 3 is 2.64 bits per heavy atom. The summed E-state index contributed by atoms with van der Waals surface area (Å²) in [6, 6.07) is 0. The number of methoxy groups -OCH3 is 1. The largest absolute Gasteiger partial charge is 0.469 e. The van der Waals surface area contributed by atoms with E-state index < -0.39 is 0 Å². The molecular weight excluding hydrogens is 348 g/mol. The molecule has 4 aliphatic rings. The topological polar surface area (TPSA) is 46.5 Å².